The van der Waals surface area contributed by atoms with Crippen LogP contribution in [-0.2, 0) is 11.2 Å². The van der Waals surface area contributed by atoms with Crippen LogP contribution in [0.4, 0.5) is 0 Å². The fraction of sp³-hybridized carbons (Fsp3) is 0.333. The van der Waals surface area contributed by atoms with Crippen molar-refractivity contribution in [3.63, 3.8) is 0 Å². The second kappa shape index (κ2) is 9.48. The monoisotopic (exact) mass is 460 g/mol. The Kier molecular flexibility index (Phi) is 6.66. The van der Waals surface area contributed by atoms with E-state index in [4.69, 9.17) is 0 Å². The number of benzene rings is 2. The van der Waals surface area contributed by atoms with Gasteiger partial charge in [-0.3, -0.25) is 19.0 Å². The maximum absolute atomic E-state index is 13.6. The topological polar surface area (TPSA) is 69.0 Å². The van der Waals surface area contributed by atoms with Crippen LogP contribution in [0.5, 0.6) is 0 Å². The minimum absolute atomic E-state index is 0.00863. The molecule has 1 heterocycles. The van der Waals surface area contributed by atoms with Crippen LogP contribution in [0.3, 0.4) is 0 Å². The number of thioether (sulfide) groups is 1. The van der Waals surface area contributed by atoms with E-state index in [0.29, 0.717) is 48.0 Å². The van der Waals surface area contributed by atoms with Gasteiger partial charge in [-0.1, -0.05) is 30.4 Å². The molecule has 4 rings (SSSR count). The summed E-state index contributed by atoms with van der Waals surface area (Å²) in [5.74, 6) is 0.592. The lowest BCUT2D eigenvalue weighted by Crippen LogP contribution is -2.35. The quantitative estimate of drug-likeness (QED) is 0.280. The number of nitrogens with zero attached hydrogens (tertiary/aromatic N) is 2. The Labute approximate surface area is 197 Å². The predicted octanol–water partition coefficient (Wildman–Crippen LogP) is 5.40. The van der Waals surface area contributed by atoms with Crippen molar-refractivity contribution in [3.05, 3.63) is 81.4 Å². The molecule has 1 fully saturated rings. The van der Waals surface area contributed by atoms with Gasteiger partial charge in [-0.25, -0.2) is 4.98 Å². The lowest BCUT2D eigenvalue weighted by molar-refractivity contribution is -0.122. The van der Waals surface area contributed by atoms with Gasteiger partial charge in [0, 0.05) is 23.3 Å². The van der Waals surface area contributed by atoms with Crippen molar-refractivity contribution >= 4 is 34.2 Å². The zero-order chi connectivity index (χ0) is 23.7. The number of fused-ring (bicyclic) bond motifs is 1. The molecule has 6 heteroatoms. The molecule has 1 aliphatic carbocycles. The molecule has 0 saturated heterocycles. The van der Waals surface area contributed by atoms with Crippen molar-refractivity contribution in [1.29, 1.82) is 0 Å². The predicted molar refractivity (Wildman–Crippen MR) is 133 cm³/mol. The average molecular weight is 461 g/mol. The van der Waals surface area contributed by atoms with Crippen molar-refractivity contribution in [2.45, 2.75) is 56.9 Å². The molecule has 1 aliphatic rings. The summed E-state index contributed by atoms with van der Waals surface area (Å²) in [6.45, 7) is 7.70. The van der Waals surface area contributed by atoms with E-state index in [-0.39, 0.29) is 17.1 Å². The Hall–Kier alpha value is -2.99. The van der Waals surface area contributed by atoms with E-state index in [9.17, 15) is 14.4 Å². The van der Waals surface area contributed by atoms with E-state index < -0.39 is 6.04 Å². The molecule has 0 radical (unpaired) electrons. The molecule has 1 aromatic heterocycles. The van der Waals surface area contributed by atoms with Gasteiger partial charge >= 0.3 is 0 Å². The van der Waals surface area contributed by atoms with Crippen LogP contribution in [0, 0.1) is 13.8 Å². The second-order valence-corrected chi connectivity index (χ2v) is 9.55. The van der Waals surface area contributed by atoms with Crippen molar-refractivity contribution in [1.82, 2.24) is 9.55 Å². The van der Waals surface area contributed by atoms with E-state index in [1.165, 1.54) is 0 Å². The molecular formula is C27H28N2O3S. The van der Waals surface area contributed by atoms with Gasteiger partial charge in [0.1, 0.15) is 5.82 Å². The van der Waals surface area contributed by atoms with Gasteiger partial charge in [-0.05, 0) is 68.7 Å². The van der Waals surface area contributed by atoms with Crippen LogP contribution in [0.25, 0.3) is 10.9 Å². The summed E-state index contributed by atoms with van der Waals surface area (Å²) in [7, 11) is 0. The Morgan fingerprint density at radius 3 is 2.70 bits per heavy atom. The number of hydrogen-bond acceptors (Lipinski definition) is 5. The Morgan fingerprint density at radius 1 is 1.21 bits per heavy atom. The first-order valence-corrected chi connectivity index (χ1v) is 12.4. The third-order valence-corrected chi connectivity index (χ3v) is 7.31. The van der Waals surface area contributed by atoms with E-state index in [1.54, 1.807) is 23.3 Å². The van der Waals surface area contributed by atoms with Crippen LogP contribution < -0.4 is 5.56 Å². The summed E-state index contributed by atoms with van der Waals surface area (Å²) >= 11 is 1.66. The molecule has 1 atom stereocenters. The highest BCUT2D eigenvalue weighted by Crippen LogP contribution is 2.29. The molecule has 0 spiro atoms. The SMILES string of the molecule is C=C1CCC(n2c(C)nc3cccc(CCC(=O)c4ccc(SC)c(C)c4)c3c2=O)C(=O)C1. The van der Waals surface area contributed by atoms with Gasteiger partial charge in [0.05, 0.1) is 16.9 Å². The van der Waals surface area contributed by atoms with Crippen molar-refractivity contribution < 1.29 is 9.59 Å². The summed E-state index contributed by atoms with van der Waals surface area (Å²) in [6.07, 6.45) is 4.36. The van der Waals surface area contributed by atoms with E-state index in [0.717, 1.165) is 28.0 Å². The highest BCUT2D eigenvalue weighted by Gasteiger charge is 2.28. The lowest BCUT2D eigenvalue weighted by atomic mass is 9.90. The number of hydrogen-bond donors (Lipinski definition) is 0. The van der Waals surface area contributed by atoms with Crippen molar-refractivity contribution in [2.75, 3.05) is 6.26 Å². The summed E-state index contributed by atoms with van der Waals surface area (Å²) < 4.78 is 1.55. The third kappa shape index (κ3) is 4.58. The fourth-order valence-electron chi connectivity index (χ4n) is 4.67. The Balaban J connectivity index is 1.67. The first kappa shape index (κ1) is 23.2. The zero-order valence-electron chi connectivity index (χ0n) is 19.3. The molecule has 170 valence electrons. The molecule has 2 aromatic carbocycles. The molecule has 0 aliphatic heterocycles. The van der Waals surface area contributed by atoms with Crippen LogP contribution in [0.1, 0.15) is 59.0 Å². The first-order chi connectivity index (χ1) is 15.8. The van der Waals surface area contributed by atoms with Gasteiger partial charge in [0.2, 0.25) is 0 Å². The summed E-state index contributed by atoms with van der Waals surface area (Å²) in [4.78, 5) is 44.9. The number of Topliss-reactive ketones (excluding diaryl/α,β-unsaturated/α-hetero) is 2. The largest absolute Gasteiger partial charge is 0.297 e. The molecule has 5 nitrogen and oxygen atoms in total. The molecule has 3 aromatic rings. The number of aryl methyl sites for hydroxylation is 3. The third-order valence-electron chi connectivity index (χ3n) is 6.41. The summed E-state index contributed by atoms with van der Waals surface area (Å²) in [6, 6.07) is 10.8. The zero-order valence-corrected chi connectivity index (χ0v) is 20.1. The van der Waals surface area contributed by atoms with Gasteiger partial charge in [0.25, 0.3) is 5.56 Å². The van der Waals surface area contributed by atoms with Crippen LogP contribution in [0.2, 0.25) is 0 Å². The van der Waals surface area contributed by atoms with Gasteiger partial charge in [-0.2, -0.15) is 0 Å². The molecule has 33 heavy (non-hydrogen) atoms. The minimum Gasteiger partial charge on any atom is -0.297 e. The first-order valence-electron chi connectivity index (χ1n) is 11.2. The molecule has 0 bridgehead atoms. The Bertz CT molecular complexity index is 1340. The van der Waals surface area contributed by atoms with Crippen LogP contribution >= 0.6 is 11.8 Å². The number of ketones is 2. The smallest absolute Gasteiger partial charge is 0.262 e. The van der Waals surface area contributed by atoms with E-state index in [2.05, 4.69) is 11.6 Å². The Morgan fingerprint density at radius 2 is 2.00 bits per heavy atom. The highest BCUT2D eigenvalue weighted by atomic mass is 32.2. The highest BCUT2D eigenvalue weighted by molar-refractivity contribution is 7.98. The van der Waals surface area contributed by atoms with Gasteiger partial charge in [0.15, 0.2) is 11.6 Å². The normalized spacial score (nSPS) is 16.4. The maximum atomic E-state index is 13.6. The van der Waals surface area contributed by atoms with Crippen molar-refractivity contribution in [3.8, 4) is 0 Å². The minimum atomic E-state index is -0.507. The number of rotatable bonds is 6. The molecular weight excluding hydrogens is 432 g/mol. The number of carbonyl (C=O) groups excluding carboxylic acids is 2. The number of allylic oxidation sites excluding steroid dienone is 1. The van der Waals surface area contributed by atoms with Crippen molar-refractivity contribution in [2.24, 2.45) is 0 Å². The van der Waals surface area contributed by atoms with Gasteiger partial charge in [-0.15, -0.1) is 11.8 Å². The summed E-state index contributed by atoms with van der Waals surface area (Å²) in [5, 5.41) is 0.502. The van der Waals surface area contributed by atoms with E-state index >= 15 is 0 Å². The maximum Gasteiger partial charge on any atom is 0.262 e. The second-order valence-electron chi connectivity index (χ2n) is 8.70. The fourth-order valence-corrected chi connectivity index (χ4v) is 5.25. The number of aromatic nitrogens is 2. The number of carbonyl (C=O) groups is 2. The standard InChI is InChI=1S/C27H28N2O3S/c1-16-8-11-22(24(31)14-16)29-18(3)28-21-7-5-6-19(26(21)27(29)32)9-12-23(30)20-10-13-25(33-4)17(2)15-20/h5-7,10,13,15,22H,1,8-9,11-12,14H2,2-4H3. The van der Waals surface area contributed by atoms with E-state index in [1.807, 2.05) is 49.6 Å². The van der Waals surface area contributed by atoms with Crippen LogP contribution in [0.15, 0.2) is 58.2 Å². The lowest BCUT2D eigenvalue weighted by Gasteiger charge is -2.26. The molecule has 1 saturated carbocycles. The molecule has 1 unspecified atom stereocenters. The molecule has 0 N–H and O–H groups in total. The van der Waals surface area contributed by atoms with Crippen LogP contribution in [-0.4, -0.2) is 27.4 Å². The molecule has 0 amide bonds. The average Bonchev–Trinajstić information content (AvgIpc) is 2.78. The van der Waals surface area contributed by atoms with Gasteiger partial charge < -0.3 is 0 Å². The summed E-state index contributed by atoms with van der Waals surface area (Å²) in [5.41, 5.74) is 3.87.